The number of carbonyl (C=O) groups excluding carboxylic acids is 2. The average Bonchev–Trinajstić information content (AvgIpc) is 3.42. The van der Waals surface area contributed by atoms with Crippen LogP contribution in [-0.2, 0) is 35.4 Å². The van der Waals surface area contributed by atoms with E-state index in [9.17, 15) is 14.4 Å². The van der Waals surface area contributed by atoms with Gasteiger partial charge in [0.1, 0.15) is 10.7 Å². The van der Waals surface area contributed by atoms with Crippen molar-refractivity contribution in [2.24, 2.45) is 5.92 Å². The van der Waals surface area contributed by atoms with Gasteiger partial charge in [0.25, 0.3) is 5.56 Å². The number of aromatic nitrogens is 2. The molecule has 0 saturated heterocycles. The van der Waals surface area contributed by atoms with E-state index >= 15 is 0 Å². The lowest BCUT2D eigenvalue weighted by atomic mass is 10.2. The number of amides is 2. The second-order valence-electron chi connectivity index (χ2n) is 8.29. The average molecular weight is 437 g/mol. The number of nitrogens with one attached hydrogen (secondary N) is 3. The molecule has 2 aromatic heterocycles. The first-order valence-electron chi connectivity index (χ1n) is 10.8. The molecule has 0 aliphatic heterocycles. The zero-order valence-electron chi connectivity index (χ0n) is 17.1. The van der Waals surface area contributed by atoms with Gasteiger partial charge in [-0.05, 0) is 55.4 Å². The number of H-pyrrole nitrogens is 1. The Morgan fingerprint density at radius 2 is 1.97 bits per heavy atom. The topological polar surface area (TPSA) is 104 Å². The number of fused-ring (bicyclic) bond motifs is 3. The van der Waals surface area contributed by atoms with Crippen LogP contribution in [-0.4, -0.2) is 21.8 Å². The highest BCUT2D eigenvalue weighted by Crippen LogP contribution is 2.34. The highest BCUT2D eigenvalue weighted by atomic mass is 32.1. The van der Waals surface area contributed by atoms with Crippen molar-refractivity contribution in [2.75, 3.05) is 5.32 Å². The van der Waals surface area contributed by atoms with Gasteiger partial charge < -0.3 is 15.6 Å². The van der Waals surface area contributed by atoms with Gasteiger partial charge in [0.05, 0.1) is 5.39 Å². The summed E-state index contributed by atoms with van der Waals surface area (Å²) in [6.45, 7) is 0.413. The molecule has 5 rings (SSSR count). The molecule has 0 bridgehead atoms. The van der Waals surface area contributed by atoms with E-state index in [4.69, 9.17) is 0 Å². The predicted molar refractivity (Wildman–Crippen MR) is 120 cm³/mol. The third-order valence-electron chi connectivity index (χ3n) is 5.87. The van der Waals surface area contributed by atoms with Gasteiger partial charge >= 0.3 is 0 Å². The molecular weight excluding hydrogens is 412 g/mol. The third kappa shape index (κ3) is 4.39. The van der Waals surface area contributed by atoms with Crippen molar-refractivity contribution in [2.45, 2.75) is 51.5 Å². The van der Waals surface area contributed by atoms with Gasteiger partial charge in [0.15, 0.2) is 0 Å². The van der Waals surface area contributed by atoms with Crippen LogP contribution in [0.2, 0.25) is 0 Å². The monoisotopic (exact) mass is 436 g/mol. The molecule has 160 valence electrons. The first kappa shape index (κ1) is 19.9. The summed E-state index contributed by atoms with van der Waals surface area (Å²) < 4.78 is 0. The molecule has 8 heteroatoms. The molecule has 31 heavy (non-hydrogen) atoms. The fraction of sp³-hybridized carbons (Fsp3) is 0.391. The van der Waals surface area contributed by atoms with Crippen LogP contribution in [0, 0.1) is 5.92 Å². The number of aromatic amines is 1. The molecule has 2 amide bonds. The van der Waals surface area contributed by atoms with Crippen LogP contribution >= 0.6 is 11.3 Å². The fourth-order valence-corrected chi connectivity index (χ4v) is 5.26. The Hall–Kier alpha value is -3.00. The SMILES string of the molecule is O=C(CCc1nc2sc3c(c2c(=O)[nH]1)CCC3)NCc1ccc(NC(=O)C2CC2)cc1. The Balaban J connectivity index is 1.13. The maximum absolute atomic E-state index is 12.5. The zero-order valence-corrected chi connectivity index (χ0v) is 17.9. The smallest absolute Gasteiger partial charge is 0.259 e. The van der Waals surface area contributed by atoms with Crippen LogP contribution in [0.15, 0.2) is 29.1 Å². The molecule has 1 aromatic carbocycles. The zero-order chi connectivity index (χ0) is 21.4. The normalized spacial score (nSPS) is 15.1. The lowest BCUT2D eigenvalue weighted by molar-refractivity contribution is -0.121. The highest BCUT2D eigenvalue weighted by Gasteiger charge is 2.29. The molecule has 7 nitrogen and oxygen atoms in total. The van der Waals surface area contributed by atoms with Gasteiger partial charge in [-0.3, -0.25) is 14.4 Å². The van der Waals surface area contributed by atoms with Crippen molar-refractivity contribution in [3.63, 3.8) is 0 Å². The maximum atomic E-state index is 12.5. The standard InChI is InChI=1S/C23H24N4O3S/c28-19(24-12-13-4-8-15(9-5-13)25-21(29)14-6-7-14)11-10-18-26-22(30)20-16-2-1-3-17(16)31-23(20)27-18/h4-5,8-9,14H,1-3,6-7,10-12H2,(H,24,28)(H,25,29)(H,26,27,30). The third-order valence-corrected chi connectivity index (χ3v) is 7.06. The lowest BCUT2D eigenvalue weighted by Gasteiger charge is -2.08. The quantitative estimate of drug-likeness (QED) is 0.529. The van der Waals surface area contributed by atoms with Gasteiger partial charge in [-0.1, -0.05) is 12.1 Å². The largest absolute Gasteiger partial charge is 0.352 e. The number of hydrogen-bond donors (Lipinski definition) is 3. The lowest BCUT2D eigenvalue weighted by Crippen LogP contribution is -2.23. The molecule has 0 atom stereocenters. The van der Waals surface area contributed by atoms with Crippen molar-refractivity contribution in [3.05, 3.63) is 56.4 Å². The van der Waals surface area contributed by atoms with Crippen molar-refractivity contribution in [1.82, 2.24) is 15.3 Å². The molecule has 0 unspecified atom stereocenters. The van der Waals surface area contributed by atoms with E-state index in [-0.39, 0.29) is 29.7 Å². The van der Waals surface area contributed by atoms with E-state index in [0.29, 0.717) is 18.8 Å². The first-order chi connectivity index (χ1) is 15.1. The van der Waals surface area contributed by atoms with Crippen LogP contribution in [0.4, 0.5) is 5.69 Å². The van der Waals surface area contributed by atoms with E-state index in [1.165, 1.54) is 4.88 Å². The molecule has 0 spiro atoms. The van der Waals surface area contributed by atoms with Gasteiger partial charge in [0.2, 0.25) is 11.8 Å². The molecular formula is C23H24N4O3S. The van der Waals surface area contributed by atoms with Crippen molar-refractivity contribution in [3.8, 4) is 0 Å². The van der Waals surface area contributed by atoms with E-state index in [1.54, 1.807) is 11.3 Å². The number of benzene rings is 1. The minimum atomic E-state index is -0.0949. The van der Waals surface area contributed by atoms with Crippen LogP contribution < -0.4 is 16.2 Å². The van der Waals surface area contributed by atoms with Gasteiger partial charge in [-0.15, -0.1) is 11.3 Å². The molecule has 3 aromatic rings. The molecule has 0 radical (unpaired) electrons. The number of nitrogens with zero attached hydrogens (tertiary/aromatic N) is 1. The van der Waals surface area contributed by atoms with Crippen LogP contribution in [0.3, 0.4) is 0 Å². The number of anilines is 1. The van der Waals surface area contributed by atoms with Gasteiger partial charge in [-0.25, -0.2) is 4.98 Å². The Bertz CT molecular complexity index is 1210. The predicted octanol–water partition coefficient (Wildman–Crippen LogP) is 3.07. The Labute approximate surface area is 183 Å². The second-order valence-corrected chi connectivity index (χ2v) is 9.37. The first-order valence-corrected chi connectivity index (χ1v) is 11.6. The summed E-state index contributed by atoms with van der Waals surface area (Å²) in [7, 11) is 0. The Morgan fingerprint density at radius 3 is 2.74 bits per heavy atom. The fourth-order valence-electron chi connectivity index (χ4n) is 3.98. The van der Waals surface area contributed by atoms with E-state index in [2.05, 4.69) is 20.6 Å². The highest BCUT2D eigenvalue weighted by molar-refractivity contribution is 7.18. The van der Waals surface area contributed by atoms with Gasteiger partial charge in [0, 0.05) is 35.9 Å². The summed E-state index contributed by atoms with van der Waals surface area (Å²) >= 11 is 1.61. The van der Waals surface area contributed by atoms with Crippen molar-refractivity contribution >= 4 is 39.1 Å². The summed E-state index contributed by atoms with van der Waals surface area (Å²) in [5, 5.41) is 6.54. The van der Waals surface area contributed by atoms with Crippen LogP contribution in [0.5, 0.6) is 0 Å². The Kier molecular flexibility index (Phi) is 5.31. The number of rotatable bonds is 7. The number of carbonyl (C=O) groups is 2. The van der Waals surface area contributed by atoms with Crippen molar-refractivity contribution < 1.29 is 9.59 Å². The number of aryl methyl sites for hydroxylation is 3. The van der Waals surface area contributed by atoms with Crippen LogP contribution in [0.25, 0.3) is 10.2 Å². The minimum absolute atomic E-state index is 0.0815. The summed E-state index contributed by atoms with van der Waals surface area (Å²) in [6, 6.07) is 7.49. The number of hydrogen-bond acceptors (Lipinski definition) is 5. The summed E-state index contributed by atoms with van der Waals surface area (Å²) in [5.74, 6) is 0.716. The van der Waals surface area contributed by atoms with E-state index < -0.39 is 0 Å². The minimum Gasteiger partial charge on any atom is -0.352 e. The molecule has 3 N–H and O–H groups in total. The summed E-state index contributed by atoms with van der Waals surface area (Å²) in [4.78, 5) is 46.1. The summed E-state index contributed by atoms with van der Waals surface area (Å²) in [6.07, 6.45) is 5.69. The molecule has 2 aliphatic carbocycles. The number of thiophene rings is 1. The maximum Gasteiger partial charge on any atom is 0.259 e. The Morgan fingerprint density at radius 1 is 1.16 bits per heavy atom. The molecule has 1 fully saturated rings. The van der Waals surface area contributed by atoms with E-state index in [1.807, 2.05) is 24.3 Å². The molecule has 1 saturated carbocycles. The van der Waals surface area contributed by atoms with Crippen molar-refractivity contribution in [1.29, 1.82) is 0 Å². The van der Waals surface area contributed by atoms with Crippen LogP contribution in [0.1, 0.15) is 47.5 Å². The molecule has 2 aliphatic rings. The summed E-state index contributed by atoms with van der Waals surface area (Å²) in [5.41, 5.74) is 2.81. The van der Waals surface area contributed by atoms with Gasteiger partial charge in [-0.2, -0.15) is 0 Å². The second kappa shape index (κ2) is 8.26. The van der Waals surface area contributed by atoms with E-state index in [0.717, 1.165) is 59.1 Å². The molecule has 2 heterocycles.